The molecule has 8 nitrogen and oxygen atoms in total. The Balaban J connectivity index is 1.89. The molecular formula is C19H19N5O3. The van der Waals surface area contributed by atoms with Gasteiger partial charge in [0, 0.05) is 18.3 Å². The molecule has 1 aliphatic heterocycles. The monoisotopic (exact) mass is 365 g/mol. The minimum atomic E-state index is -0.406. The molecule has 1 aliphatic rings. The van der Waals surface area contributed by atoms with Gasteiger partial charge < -0.3 is 5.11 Å². The lowest BCUT2D eigenvalue weighted by atomic mass is 10.0. The third-order valence-corrected chi connectivity index (χ3v) is 4.53. The summed E-state index contributed by atoms with van der Waals surface area (Å²) in [6, 6.07) is 5.08. The summed E-state index contributed by atoms with van der Waals surface area (Å²) in [6.07, 6.45) is 4.12. The molecule has 8 heteroatoms. The van der Waals surface area contributed by atoms with Crippen molar-refractivity contribution < 1.29 is 14.7 Å². The molecule has 3 rings (SSSR count). The highest BCUT2D eigenvalue weighted by molar-refractivity contribution is 6.01. The zero-order valence-electron chi connectivity index (χ0n) is 14.9. The van der Waals surface area contributed by atoms with E-state index in [1.165, 1.54) is 11.1 Å². The molecule has 0 atom stereocenters. The number of nitriles is 1. The molecule has 0 radical (unpaired) electrons. The Morgan fingerprint density at radius 2 is 2.26 bits per heavy atom. The molecule has 0 spiro atoms. The number of hydrogen-bond donors (Lipinski definition) is 2. The van der Waals surface area contributed by atoms with Crippen LogP contribution in [0.15, 0.2) is 18.3 Å². The van der Waals surface area contributed by atoms with Crippen molar-refractivity contribution in [3.8, 4) is 6.07 Å². The maximum atomic E-state index is 12.8. The van der Waals surface area contributed by atoms with E-state index in [-0.39, 0.29) is 12.3 Å². The summed E-state index contributed by atoms with van der Waals surface area (Å²) < 4.78 is 0. The lowest BCUT2D eigenvalue weighted by Crippen LogP contribution is -2.40. The van der Waals surface area contributed by atoms with Gasteiger partial charge in [0.1, 0.15) is 23.4 Å². The normalized spacial score (nSPS) is 12.9. The van der Waals surface area contributed by atoms with E-state index in [1.54, 1.807) is 12.1 Å². The largest absolute Gasteiger partial charge is 0.392 e. The van der Waals surface area contributed by atoms with Crippen molar-refractivity contribution in [3.05, 3.63) is 46.3 Å². The lowest BCUT2D eigenvalue weighted by Gasteiger charge is -2.29. The quantitative estimate of drug-likeness (QED) is 0.802. The molecule has 3 heterocycles. The molecule has 2 aromatic heterocycles. The maximum Gasteiger partial charge on any atom is 0.328 e. The van der Waals surface area contributed by atoms with Crippen LogP contribution in [0.2, 0.25) is 0 Å². The second-order valence-corrected chi connectivity index (χ2v) is 6.17. The number of aryl methyl sites for hydroxylation is 2. The van der Waals surface area contributed by atoms with Crippen LogP contribution < -0.4 is 10.2 Å². The Labute approximate surface area is 156 Å². The van der Waals surface area contributed by atoms with Crippen LogP contribution in [0.5, 0.6) is 0 Å². The zero-order chi connectivity index (χ0) is 19.4. The standard InChI is InChI=1S/C19H19N5O3/c1-2-12-7-17(21-9-15(12)8-20)23-19(27)24-5-3-4-13-6-14(10-25)16(11-26)22-18(13)24/h6-7,9,11,25H,2-5,10H2,1H3,(H,21,23,27). The number of nitrogens with zero attached hydrogens (tertiary/aromatic N) is 4. The molecule has 0 aromatic carbocycles. The number of carbonyl (C=O) groups is 2. The van der Waals surface area contributed by atoms with Crippen molar-refractivity contribution in [3.63, 3.8) is 0 Å². The first-order valence-corrected chi connectivity index (χ1v) is 8.67. The summed E-state index contributed by atoms with van der Waals surface area (Å²) in [5.74, 6) is 0.771. The first-order valence-electron chi connectivity index (χ1n) is 8.67. The summed E-state index contributed by atoms with van der Waals surface area (Å²) in [6.45, 7) is 2.10. The van der Waals surface area contributed by atoms with E-state index >= 15 is 0 Å². The van der Waals surface area contributed by atoms with Crippen LogP contribution in [0.4, 0.5) is 16.4 Å². The number of aliphatic hydroxyl groups excluding tert-OH is 1. The van der Waals surface area contributed by atoms with E-state index < -0.39 is 6.03 Å². The van der Waals surface area contributed by atoms with Gasteiger partial charge in [0.2, 0.25) is 0 Å². The van der Waals surface area contributed by atoms with Crippen molar-refractivity contribution in [1.82, 2.24) is 9.97 Å². The Kier molecular flexibility index (Phi) is 5.43. The number of aliphatic hydroxyl groups is 1. The van der Waals surface area contributed by atoms with Crippen molar-refractivity contribution in [2.45, 2.75) is 32.8 Å². The Morgan fingerprint density at radius 1 is 1.44 bits per heavy atom. The Hall–Kier alpha value is -3.31. The van der Waals surface area contributed by atoms with Crippen molar-refractivity contribution in [2.75, 3.05) is 16.8 Å². The van der Waals surface area contributed by atoms with Gasteiger partial charge in [0.25, 0.3) is 0 Å². The van der Waals surface area contributed by atoms with Crippen LogP contribution in [0.3, 0.4) is 0 Å². The zero-order valence-corrected chi connectivity index (χ0v) is 14.9. The highest BCUT2D eigenvalue weighted by Crippen LogP contribution is 2.28. The predicted octanol–water partition coefficient (Wildman–Crippen LogP) is 2.20. The first kappa shape index (κ1) is 18.5. The molecule has 0 saturated heterocycles. The summed E-state index contributed by atoms with van der Waals surface area (Å²) >= 11 is 0. The third kappa shape index (κ3) is 3.64. The molecule has 0 fully saturated rings. The van der Waals surface area contributed by atoms with Crippen LogP contribution in [0, 0.1) is 11.3 Å². The van der Waals surface area contributed by atoms with Gasteiger partial charge in [-0.1, -0.05) is 6.92 Å². The van der Waals surface area contributed by atoms with Gasteiger partial charge in [-0.15, -0.1) is 0 Å². The highest BCUT2D eigenvalue weighted by atomic mass is 16.3. The average molecular weight is 365 g/mol. The average Bonchev–Trinajstić information content (AvgIpc) is 2.71. The molecular weight excluding hydrogens is 346 g/mol. The number of rotatable bonds is 4. The lowest BCUT2D eigenvalue weighted by molar-refractivity contribution is 0.111. The van der Waals surface area contributed by atoms with Gasteiger partial charge in [0.05, 0.1) is 12.2 Å². The second-order valence-electron chi connectivity index (χ2n) is 6.17. The Bertz CT molecular complexity index is 936. The van der Waals surface area contributed by atoms with Gasteiger partial charge in [0.15, 0.2) is 6.29 Å². The number of fused-ring (bicyclic) bond motifs is 1. The van der Waals surface area contributed by atoms with Crippen molar-refractivity contribution in [2.24, 2.45) is 0 Å². The minimum Gasteiger partial charge on any atom is -0.392 e. The molecule has 0 aliphatic carbocycles. The number of aldehydes is 1. The molecule has 0 bridgehead atoms. The molecule has 2 N–H and O–H groups in total. The van der Waals surface area contributed by atoms with Crippen LogP contribution >= 0.6 is 0 Å². The molecule has 27 heavy (non-hydrogen) atoms. The summed E-state index contributed by atoms with van der Waals surface area (Å²) in [5.41, 5.74) is 2.67. The van der Waals surface area contributed by atoms with E-state index in [9.17, 15) is 14.7 Å². The number of aromatic nitrogens is 2. The van der Waals surface area contributed by atoms with Gasteiger partial charge in [-0.25, -0.2) is 14.8 Å². The fraction of sp³-hybridized carbons (Fsp3) is 0.316. The molecule has 0 saturated carbocycles. The van der Waals surface area contributed by atoms with Crippen LogP contribution in [-0.2, 0) is 19.4 Å². The van der Waals surface area contributed by atoms with E-state index in [0.29, 0.717) is 48.4 Å². The summed E-state index contributed by atoms with van der Waals surface area (Å²) in [4.78, 5) is 33.9. The number of pyridine rings is 2. The van der Waals surface area contributed by atoms with Gasteiger partial charge in [-0.3, -0.25) is 15.0 Å². The number of hydrogen-bond acceptors (Lipinski definition) is 6. The van der Waals surface area contributed by atoms with E-state index in [4.69, 9.17) is 5.26 Å². The fourth-order valence-corrected chi connectivity index (χ4v) is 3.12. The smallest absolute Gasteiger partial charge is 0.328 e. The minimum absolute atomic E-state index is 0.126. The second kappa shape index (κ2) is 7.93. The van der Waals surface area contributed by atoms with E-state index in [2.05, 4.69) is 21.4 Å². The SMILES string of the molecule is CCc1cc(NC(=O)N2CCCc3cc(CO)c(C=O)nc32)ncc1C#N. The molecule has 2 aromatic rings. The predicted molar refractivity (Wildman–Crippen MR) is 98.6 cm³/mol. The van der Waals surface area contributed by atoms with E-state index in [0.717, 1.165) is 17.5 Å². The number of amides is 2. The maximum absolute atomic E-state index is 12.8. The number of anilines is 2. The molecule has 2 amide bonds. The summed E-state index contributed by atoms with van der Waals surface area (Å²) in [7, 11) is 0. The Morgan fingerprint density at radius 3 is 2.93 bits per heavy atom. The first-order chi connectivity index (χ1) is 13.1. The van der Waals surface area contributed by atoms with E-state index in [1.807, 2.05) is 6.92 Å². The third-order valence-electron chi connectivity index (χ3n) is 4.53. The van der Waals surface area contributed by atoms with Gasteiger partial charge in [-0.2, -0.15) is 5.26 Å². The van der Waals surface area contributed by atoms with Crippen molar-refractivity contribution in [1.29, 1.82) is 5.26 Å². The van der Waals surface area contributed by atoms with Crippen LogP contribution in [0.25, 0.3) is 0 Å². The van der Waals surface area contributed by atoms with Crippen molar-refractivity contribution >= 4 is 24.0 Å². The van der Waals surface area contributed by atoms with Gasteiger partial charge in [-0.05, 0) is 42.5 Å². The molecule has 138 valence electrons. The van der Waals surface area contributed by atoms with Gasteiger partial charge >= 0.3 is 6.03 Å². The topological polar surface area (TPSA) is 119 Å². The number of urea groups is 1. The fourth-order valence-electron chi connectivity index (χ4n) is 3.12. The highest BCUT2D eigenvalue weighted by Gasteiger charge is 2.26. The molecule has 0 unspecified atom stereocenters. The summed E-state index contributed by atoms with van der Waals surface area (Å²) in [5, 5.41) is 21.2. The van der Waals surface area contributed by atoms with Crippen LogP contribution in [-0.4, -0.2) is 33.9 Å². The number of nitrogens with one attached hydrogen (secondary N) is 1. The number of carbonyl (C=O) groups excluding carboxylic acids is 2. The van der Waals surface area contributed by atoms with Crippen LogP contribution in [0.1, 0.15) is 46.1 Å².